The summed E-state index contributed by atoms with van der Waals surface area (Å²) in [6, 6.07) is 0. The van der Waals surface area contributed by atoms with Crippen molar-refractivity contribution >= 4 is 15.8 Å². The second-order valence-electron chi connectivity index (χ2n) is 5.94. The number of rotatable bonds is 6. The van der Waals surface area contributed by atoms with Crippen LogP contribution in [0.3, 0.4) is 0 Å². The largest absolute Gasteiger partial charge is 0.481 e. The highest BCUT2D eigenvalue weighted by molar-refractivity contribution is 7.91. The van der Waals surface area contributed by atoms with Gasteiger partial charge in [-0.25, -0.2) is 8.42 Å². The molecule has 0 aromatic rings. The van der Waals surface area contributed by atoms with Crippen LogP contribution in [-0.2, 0) is 14.6 Å². The Morgan fingerprint density at radius 3 is 2.50 bits per heavy atom. The predicted octanol–water partition coefficient (Wildman–Crippen LogP) is 2.09. The number of carbonyl (C=O) groups is 1. The lowest BCUT2D eigenvalue weighted by Crippen LogP contribution is -2.38. The van der Waals surface area contributed by atoms with Gasteiger partial charge in [0.1, 0.15) is 9.84 Å². The zero-order valence-corrected chi connectivity index (χ0v) is 11.7. The third-order valence-electron chi connectivity index (χ3n) is 4.78. The number of sulfone groups is 1. The standard InChI is InChI=1S/C13H22O4S/c1-2-6-18(16,17)7-5-13(12(14)15)9-10-3-4-11(13)8-10/h10-11H,2-9H2,1H3,(H,14,15). The van der Waals surface area contributed by atoms with Gasteiger partial charge >= 0.3 is 5.97 Å². The highest BCUT2D eigenvalue weighted by atomic mass is 32.2. The second kappa shape index (κ2) is 4.83. The smallest absolute Gasteiger partial charge is 0.309 e. The van der Waals surface area contributed by atoms with Crippen LogP contribution < -0.4 is 0 Å². The molecular weight excluding hydrogens is 252 g/mol. The Morgan fingerprint density at radius 1 is 1.33 bits per heavy atom. The van der Waals surface area contributed by atoms with E-state index in [1.807, 2.05) is 6.92 Å². The SMILES string of the molecule is CCCS(=O)(=O)CCC1(C(=O)O)CC2CCC1C2. The molecule has 3 atom stereocenters. The minimum atomic E-state index is -3.07. The molecule has 104 valence electrons. The molecule has 0 saturated heterocycles. The van der Waals surface area contributed by atoms with Crippen LogP contribution in [0, 0.1) is 17.3 Å². The number of carboxylic acids is 1. The van der Waals surface area contributed by atoms with Crippen molar-refractivity contribution in [2.45, 2.75) is 45.4 Å². The lowest BCUT2D eigenvalue weighted by molar-refractivity contribution is -0.152. The Balaban J connectivity index is 2.07. The third kappa shape index (κ3) is 2.42. The van der Waals surface area contributed by atoms with Crippen molar-refractivity contribution in [3.05, 3.63) is 0 Å². The van der Waals surface area contributed by atoms with E-state index in [4.69, 9.17) is 0 Å². The summed E-state index contributed by atoms with van der Waals surface area (Å²) < 4.78 is 23.5. The van der Waals surface area contributed by atoms with E-state index in [0.29, 0.717) is 25.2 Å². The summed E-state index contributed by atoms with van der Waals surface area (Å²) in [5.41, 5.74) is -0.746. The minimum Gasteiger partial charge on any atom is -0.481 e. The van der Waals surface area contributed by atoms with Gasteiger partial charge in [-0.2, -0.15) is 0 Å². The summed E-state index contributed by atoms with van der Waals surface area (Å²) in [4.78, 5) is 11.6. The molecule has 2 rings (SSSR count). The molecule has 0 aliphatic heterocycles. The first-order chi connectivity index (χ1) is 8.39. The molecule has 0 aromatic heterocycles. The van der Waals surface area contributed by atoms with E-state index in [-0.39, 0.29) is 17.4 Å². The number of aliphatic carboxylic acids is 1. The van der Waals surface area contributed by atoms with Gasteiger partial charge in [0.05, 0.1) is 11.2 Å². The van der Waals surface area contributed by atoms with Gasteiger partial charge in [-0.3, -0.25) is 4.79 Å². The first kappa shape index (κ1) is 13.8. The lowest BCUT2D eigenvalue weighted by atomic mass is 9.71. The Kier molecular flexibility index (Phi) is 3.72. The summed E-state index contributed by atoms with van der Waals surface area (Å²) >= 11 is 0. The average Bonchev–Trinajstić information content (AvgIpc) is 2.86. The highest BCUT2D eigenvalue weighted by Crippen LogP contribution is 2.57. The average molecular weight is 274 g/mol. The Morgan fingerprint density at radius 2 is 2.06 bits per heavy atom. The van der Waals surface area contributed by atoms with Crippen LogP contribution in [0.4, 0.5) is 0 Å². The van der Waals surface area contributed by atoms with E-state index in [1.54, 1.807) is 0 Å². The first-order valence-corrected chi connectivity index (χ1v) is 8.65. The molecule has 0 heterocycles. The fourth-order valence-corrected chi connectivity index (χ4v) is 5.37. The second-order valence-corrected chi connectivity index (χ2v) is 8.25. The van der Waals surface area contributed by atoms with Gasteiger partial charge in [0.25, 0.3) is 0 Å². The van der Waals surface area contributed by atoms with Gasteiger partial charge in [0.2, 0.25) is 0 Å². The molecule has 5 heteroatoms. The van der Waals surface area contributed by atoms with Crippen molar-refractivity contribution in [3.8, 4) is 0 Å². The maximum Gasteiger partial charge on any atom is 0.309 e. The van der Waals surface area contributed by atoms with Gasteiger partial charge < -0.3 is 5.11 Å². The molecule has 18 heavy (non-hydrogen) atoms. The molecule has 2 bridgehead atoms. The van der Waals surface area contributed by atoms with Gasteiger partial charge in [-0.1, -0.05) is 13.3 Å². The van der Waals surface area contributed by atoms with Crippen LogP contribution in [0.5, 0.6) is 0 Å². The van der Waals surface area contributed by atoms with Crippen molar-refractivity contribution < 1.29 is 18.3 Å². The van der Waals surface area contributed by atoms with Crippen molar-refractivity contribution in [3.63, 3.8) is 0 Å². The molecule has 0 spiro atoms. The van der Waals surface area contributed by atoms with Crippen LogP contribution in [0.2, 0.25) is 0 Å². The zero-order chi connectivity index (χ0) is 13.4. The number of fused-ring (bicyclic) bond motifs is 2. The van der Waals surface area contributed by atoms with E-state index >= 15 is 0 Å². The summed E-state index contributed by atoms with van der Waals surface area (Å²) in [6.45, 7) is 1.84. The van der Waals surface area contributed by atoms with E-state index in [2.05, 4.69) is 0 Å². The monoisotopic (exact) mass is 274 g/mol. The van der Waals surface area contributed by atoms with E-state index in [1.165, 1.54) is 0 Å². The molecule has 3 unspecified atom stereocenters. The van der Waals surface area contributed by atoms with Gasteiger partial charge in [0.15, 0.2) is 0 Å². The Bertz CT molecular complexity index is 428. The van der Waals surface area contributed by atoms with Crippen LogP contribution in [0.15, 0.2) is 0 Å². The Hall–Kier alpha value is -0.580. The fraction of sp³-hybridized carbons (Fsp3) is 0.923. The maximum absolute atomic E-state index is 11.8. The third-order valence-corrected chi connectivity index (χ3v) is 6.63. The Labute approximate surface area is 109 Å². The molecule has 4 nitrogen and oxygen atoms in total. The summed E-state index contributed by atoms with van der Waals surface area (Å²) in [5.74, 6) is 0.158. The van der Waals surface area contributed by atoms with Crippen LogP contribution in [0.1, 0.15) is 45.4 Å². The van der Waals surface area contributed by atoms with E-state index < -0.39 is 21.2 Å². The quantitative estimate of drug-likeness (QED) is 0.805. The van der Waals surface area contributed by atoms with Gasteiger partial charge in [-0.15, -0.1) is 0 Å². The first-order valence-electron chi connectivity index (χ1n) is 6.83. The zero-order valence-electron chi connectivity index (χ0n) is 10.9. The van der Waals surface area contributed by atoms with Crippen LogP contribution >= 0.6 is 0 Å². The molecule has 2 aliphatic carbocycles. The number of hydrogen-bond donors (Lipinski definition) is 1. The lowest BCUT2D eigenvalue weighted by Gasteiger charge is -2.33. The summed E-state index contributed by atoms with van der Waals surface area (Å²) in [5, 5.41) is 9.52. The van der Waals surface area contributed by atoms with Crippen molar-refractivity contribution in [2.24, 2.45) is 17.3 Å². The number of carboxylic acid groups (broad SMARTS) is 1. The minimum absolute atomic E-state index is 0.0381. The molecule has 2 aliphatic rings. The maximum atomic E-state index is 11.8. The molecule has 0 radical (unpaired) electrons. The normalized spacial score (nSPS) is 34.9. The predicted molar refractivity (Wildman–Crippen MR) is 69.1 cm³/mol. The van der Waals surface area contributed by atoms with E-state index in [0.717, 1.165) is 19.3 Å². The summed E-state index contributed by atoms with van der Waals surface area (Å²) in [6.07, 6.45) is 4.68. The molecule has 0 aromatic carbocycles. The molecule has 1 N–H and O–H groups in total. The molecule has 2 saturated carbocycles. The molecular formula is C13H22O4S. The van der Waals surface area contributed by atoms with E-state index in [9.17, 15) is 18.3 Å². The van der Waals surface area contributed by atoms with Crippen molar-refractivity contribution in [2.75, 3.05) is 11.5 Å². The van der Waals surface area contributed by atoms with Gasteiger partial charge in [-0.05, 0) is 43.9 Å². The van der Waals surface area contributed by atoms with Crippen molar-refractivity contribution in [1.82, 2.24) is 0 Å². The van der Waals surface area contributed by atoms with Crippen LogP contribution in [-0.4, -0.2) is 31.0 Å². The molecule has 0 amide bonds. The molecule has 2 fully saturated rings. The topological polar surface area (TPSA) is 71.4 Å². The summed E-state index contributed by atoms with van der Waals surface area (Å²) in [7, 11) is -3.07. The number of hydrogen-bond acceptors (Lipinski definition) is 3. The van der Waals surface area contributed by atoms with Crippen LogP contribution in [0.25, 0.3) is 0 Å². The van der Waals surface area contributed by atoms with Gasteiger partial charge in [0, 0.05) is 5.75 Å². The fourth-order valence-electron chi connectivity index (χ4n) is 3.87. The highest BCUT2D eigenvalue weighted by Gasteiger charge is 2.55. The van der Waals surface area contributed by atoms with Crippen molar-refractivity contribution in [1.29, 1.82) is 0 Å².